The third-order valence-electron chi connectivity index (χ3n) is 4.75. The number of hydrogen-bond donors (Lipinski definition) is 0. The number of benzene rings is 1. The molecule has 0 aliphatic carbocycles. The minimum Gasteiger partial charge on any atom is -0.343 e. The lowest BCUT2D eigenvalue weighted by Gasteiger charge is -2.18. The maximum Gasteiger partial charge on any atom is 0.332 e. The summed E-state index contributed by atoms with van der Waals surface area (Å²) in [7, 11) is 2.99. The zero-order chi connectivity index (χ0) is 21.1. The molecule has 0 N–H and O–H groups in total. The molecule has 9 heteroatoms. The first kappa shape index (κ1) is 20.8. The van der Waals surface area contributed by atoms with Gasteiger partial charge in [-0.05, 0) is 13.8 Å². The van der Waals surface area contributed by atoms with Crippen molar-refractivity contribution in [1.29, 1.82) is 0 Å². The van der Waals surface area contributed by atoms with E-state index in [1.54, 1.807) is 11.9 Å². The van der Waals surface area contributed by atoms with Crippen LogP contribution < -0.4 is 11.2 Å². The number of rotatable bonds is 6. The molecule has 0 saturated heterocycles. The molecule has 3 aromatic rings. The molecule has 0 aliphatic heterocycles. The fourth-order valence-corrected chi connectivity index (χ4v) is 3.96. The average molecular weight is 414 g/mol. The lowest BCUT2D eigenvalue weighted by Crippen LogP contribution is -2.38. The van der Waals surface area contributed by atoms with E-state index in [1.165, 1.54) is 23.4 Å². The molecule has 0 spiro atoms. The van der Waals surface area contributed by atoms with Crippen molar-refractivity contribution < 1.29 is 4.79 Å². The van der Waals surface area contributed by atoms with Crippen LogP contribution in [0.2, 0.25) is 0 Å². The third kappa shape index (κ3) is 3.95. The van der Waals surface area contributed by atoms with Gasteiger partial charge in [-0.15, -0.1) is 0 Å². The largest absolute Gasteiger partial charge is 0.343 e. The Morgan fingerprint density at radius 3 is 2.31 bits per heavy atom. The van der Waals surface area contributed by atoms with E-state index in [9.17, 15) is 14.4 Å². The van der Waals surface area contributed by atoms with E-state index in [0.717, 1.165) is 10.1 Å². The van der Waals surface area contributed by atoms with Crippen LogP contribution in [0.5, 0.6) is 0 Å². The predicted molar refractivity (Wildman–Crippen MR) is 114 cm³/mol. The van der Waals surface area contributed by atoms with Crippen molar-refractivity contribution in [3.8, 4) is 11.4 Å². The number of carbonyl (C=O) groups is 1. The maximum atomic E-state index is 12.8. The summed E-state index contributed by atoms with van der Waals surface area (Å²) in [6.45, 7) is 5.08. The molecule has 8 nitrogen and oxygen atoms in total. The van der Waals surface area contributed by atoms with Crippen molar-refractivity contribution >= 4 is 28.7 Å². The summed E-state index contributed by atoms with van der Waals surface area (Å²) in [6.07, 6.45) is 0. The van der Waals surface area contributed by atoms with Gasteiger partial charge in [0.15, 0.2) is 11.5 Å². The fourth-order valence-electron chi connectivity index (χ4n) is 3.05. The summed E-state index contributed by atoms with van der Waals surface area (Å²) >= 11 is 1.19. The molecule has 3 rings (SSSR count). The first-order chi connectivity index (χ1) is 13.9. The van der Waals surface area contributed by atoms with Gasteiger partial charge in [0.1, 0.15) is 10.4 Å². The first-order valence-corrected chi connectivity index (χ1v) is 10.3. The minimum absolute atomic E-state index is 0.0327. The van der Waals surface area contributed by atoms with Crippen molar-refractivity contribution in [2.75, 3.05) is 18.8 Å². The number of fused-ring (bicyclic) bond motifs is 1. The second-order valence-electron chi connectivity index (χ2n) is 6.48. The van der Waals surface area contributed by atoms with Gasteiger partial charge in [-0.3, -0.25) is 18.7 Å². The topological polar surface area (TPSA) is 90.1 Å². The molecule has 0 bridgehead atoms. The van der Waals surface area contributed by atoms with Crippen LogP contribution in [0, 0.1) is 0 Å². The highest BCUT2D eigenvalue weighted by Gasteiger charge is 2.19. The van der Waals surface area contributed by atoms with E-state index >= 15 is 0 Å². The zero-order valence-electron chi connectivity index (χ0n) is 16.9. The van der Waals surface area contributed by atoms with Crippen molar-refractivity contribution in [3.63, 3.8) is 0 Å². The molecular formula is C20H23N5O3S. The SMILES string of the molecule is CCN(CC)C(=O)CSc1nc(-c2ccccc2)nc2c1c(=O)n(C)c(=O)n2C. The van der Waals surface area contributed by atoms with Gasteiger partial charge >= 0.3 is 5.69 Å². The number of aromatic nitrogens is 4. The molecule has 0 atom stereocenters. The van der Waals surface area contributed by atoms with Crippen molar-refractivity contribution in [2.24, 2.45) is 14.1 Å². The molecule has 0 radical (unpaired) electrons. The van der Waals surface area contributed by atoms with Gasteiger partial charge in [0.2, 0.25) is 5.91 Å². The molecular weight excluding hydrogens is 390 g/mol. The Kier molecular flexibility index (Phi) is 6.17. The maximum absolute atomic E-state index is 12.8. The highest BCUT2D eigenvalue weighted by Crippen LogP contribution is 2.26. The molecule has 1 aromatic carbocycles. The normalized spacial score (nSPS) is 11.0. The first-order valence-electron chi connectivity index (χ1n) is 9.32. The van der Waals surface area contributed by atoms with Crippen molar-refractivity contribution in [1.82, 2.24) is 24.0 Å². The Hall–Kier alpha value is -2.94. The van der Waals surface area contributed by atoms with Crippen LogP contribution in [-0.4, -0.2) is 48.8 Å². The van der Waals surface area contributed by atoms with Crippen LogP contribution in [0.3, 0.4) is 0 Å². The Balaban J connectivity index is 2.19. The molecule has 2 heterocycles. The van der Waals surface area contributed by atoms with E-state index in [0.29, 0.717) is 23.9 Å². The zero-order valence-corrected chi connectivity index (χ0v) is 17.7. The number of amides is 1. The highest BCUT2D eigenvalue weighted by atomic mass is 32.2. The van der Waals surface area contributed by atoms with Crippen LogP contribution in [-0.2, 0) is 18.9 Å². The Bertz CT molecular complexity index is 1170. The predicted octanol–water partition coefficient (Wildman–Crippen LogP) is 1.65. The van der Waals surface area contributed by atoms with Crippen LogP contribution in [0.25, 0.3) is 22.4 Å². The smallest absolute Gasteiger partial charge is 0.332 e. The monoisotopic (exact) mass is 413 g/mol. The minimum atomic E-state index is -0.472. The van der Waals surface area contributed by atoms with Crippen molar-refractivity contribution in [2.45, 2.75) is 18.9 Å². The second kappa shape index (κ2) is 8.60. The molecule has 0 fully saturated rings. The summed E-state index contributed by atoms with van der Waals surface area (Å²) in [5.41, 5.74) is 0.0834. The van der Waals surface area contributed by atoms with Crippen molar-refractivity contribution in [3.05, 3.63) is 51.2 Å². The van der Waals surface area contributed by atoms with Gasteiger partial charge in [-0.2, -0.15) is 0 Å². The molecule has 0 aliphatic rings. The molecule has 1 amide bonds. The number of hydrogen-bond acceptors (Lipinski definition) is 6. The van der Waals surface area contributed by atoms with E-state index in [2.05, 4.69) is 9.97 Å². The van der Waals surface area contributed by atoms with Crippen LogP contribution >= 0.6 is 11.8 Å². The van der Waals surface area contributed by atoms with Gasteiger partial charge in [0, 0.05) is 32.7 Å². The van der Waals surface area contributed by atoms with Gasteiger partial charge in [0.05, 0.1) is 5.75 Å². The average Bonchev–Trinajstić information content (AvgIpc) is 2.75. The lowest BCUT2D eigenvalue weighted by atomic mass is 10.2. The summed E-state index contributed by atoms with van der Waals surface area (Å²) in [6, 6.07) is 9.32. The highest BCUT2D eigenvalue weighted by molar-refractivity contribution is 8.00. The molecule has 152 valence electrons. The summed E-state index contributed by atoms with van der Waals surface area (Å²) in [4.78, 5) is 48.5. The van der Waals surface area contributed by atoms with E-state index < -0.39 is 11.2 Å². The van der Waals surface area contributed by atoms with E-state index in [1.807, 2.05) is 44.2 Å². The van der Waals surface area contributed by atoms with Crippen LogP contribution in [0.15, 0.2) is 44.9 Å². The Morgan fingerprint density at radius 2 is 1.69 bits per heavy atom. The standard InChI is InChI=1S/C20H23N5O3S/c1-5-25(6-2)14(26)12-29-18-15-17(23(3)20(28)24(4)19(15)27)21-16(22-18)13-10-8-7-9-11-13/h7-11H,5-6,12H2,1-4H3. The van der Waals surface area contributed by atoms with Gasteiger partial charge in [-0.25, -0.2) is 14.8 Å². The second-order valence-corrected chi connectivity index (χ2v) is 7.44. The molecule has 0 unspecified atom stereocenters. The Morgan fingerprint density at radius 1 is 1.03 bits per heavy atom. The number of nitrogens with zero attached hydrogens (tertiary/aromatic N) is 5. The molecule has 0 saturated carbocycles. The number of aryl methyl sites for hydroxylation is 1. The Labute approximate surface area is 172 Å². The number of carbonyl (C=O) groups excluding carboxylic acids is 1. The quantitative estimate of drug-likeness (QED) is 0.451. The van der Waals surface area contributed by atoms with Crippen LogP contribution in [0.1, 0.15) is 13.8 Å². The van der Waals surface area contributed by atoms with Gasteiger partial charge in [0.25, 0.3) is 5.56 Å². The van der Waals surface area contributed by atoms with Crippen LogP contribution in [0.4, 0.5) is 0 Å². The molecule has 29 heavy (non-hydrogen) atoms. The third-order valence-corrected chi connectivity index (χ3v) is 5.71. The summed E-state index contributed by atoms with van der Waals surface area (Å²) in [5, 5.41) is 0.636. The van der Waals surface area contributed by atoms with Gasteiger partial charge in [-0.1, -0.05) is 42.1 Å². The fraction of sp³-hybridized carbons (Fsp3) is 0.350. The van der Waals surface area contributed by atoms with E-state index in [4.69, 9.17) is 0 Å². The van der Waals surface area contributed by atoms with E-state index in [-0.39, 0.29) is 22.7 Å². The summed E-state index contributed by atoms with van der Waals surface area (Å²) in [5.74, 6) is 0.516. The lowest BCUT2D eigenvalue weighted by molar-refractivity contribution is -0.127. The van der Waals surface area contributed by atoms with Gasteiger partial charge < -0.3 is 4.90 Å². The molecule has 2 aromatic heterocycles. The summed E-state index contributed by atoms with van der Waals surface area (Å²) < 4.78 is 2.37. The number of thioether (sulfide) groups is 1.